The summed E-state index contributed by atoms with van der Waals surface area (Å²) in [6, 6.07) is 2.74. The molecule has 0 amide bonds. The summed E-state index contributed by atoms with van der Waals surface area (Å²) in [6.07, 6.45) is 13.0. The lowest BCUT2D eigenvalue weighted by molar-refractivity contribution is 0.189. The van der Waals surface area contributed by atoms with Crippen molar-refractivity contribution in [1.29, 1.82) is 0 Å². The van der Waals surface area contributed by atoms with Crippen LogP contribution >= 0.6 is 0 Å². The molecule has 132 valence electrons. The highest BCUT2D eigenvalue weighted by molar-refractivity contribution is 5.67. The van der Waals surface area contributed by atoms with E-state index in [1.807, 2.05) is 0 Å². The normalized spacial score (nSPS) is 27.8. The van der Waals surface area contributed by atoms with Gasteiger partial charge in [0.1, 0.15) is 0 Å². The molecule has 0 bridgehead atoms. The molecule has 3 rings (SSSR count). The maximum Gasteiger partial charge on any atom is 0.200 e. The Balaban J connectivity index is 1.62. The van der Waals surface area contributed by atoms with Crippen molar-refractivity contribution in [3.63, 3.8) is 0 Å². The first-order chi connectivity index (χ1) is 11.6. The molecule has 1 nitrogen and oxygen atoms in total. The third kappa shape index (κ3) is 3.65. The Morgan fingerprint density at radius 2 is 1.75 bits per heavy atom. The molecule has 1 aromatic rings. The Bertz CT molecular complexity index is 600. The molecule has 0 radical (unpaired) electrons. The minimum atomic E-state index is -1.13. The van der Waals surface area contributed by atoms with Crippen molar-refractivity contribution >= 4 is 5.57 Å². The van der Waals surface area contributed by atoms with Gasteiger partial charge in [-0.3, -0.25) is 0 Å². The van der Waals surface area contributed by atoms with Gasteiger partial charge < -0.3 is 5.11 Å². The van der Waals surface area contributed by atoms with Crippen LogP contribution in [-0.2, 0) is 0 Å². The molecule has 0 heterocycles. The number of phenolic OH excluding ortho intramolecular Hbond substituents is 1. The van der Waals surface area contributed by atoms with Gasteiger partial charge in [0.05, 0.1) is 0 Å². The zero-order valence-electron chi connectivity index (χ0n) is 14.5. The SMILES string of the molecule is CCCC1CCC(C2CC=C(c3ccc(O)c(F)c3F)CC2)CC1. The molecule has 0 aromatic heterocycles. The first-order valence-electron chi connectivity index (χ1n) is 9.46. The molecule has 1 fully saturated rings. The molecular weight excluding hydrogens is 306 g/mol. The van der Waals surface area contributed by atoms with E-state index in [0.717, 1.165) is 36.7 Å². The van der Waals surface area contributed by atoms with Crippen LogP contribution in [0.4, 0.5) is 8.78 Å². The lowest BCUT2D eigenvalue weighted by Crippen LogP contribution is -2.23. The summed E-state index contributed by atoms with van der Waals surface area (Å²) in [5.41, 5.74) is 1.21. The van der Waals surface area contributed by atoms with Gasteiger partial charge in [-0.2, -0.15) is 4.39 Å². The highest BCUT2D eigenvalue weighted by Crippen LogP contribution is 2.42. The fourth-order valence-corrected chi connectivity index (χ4v) is 4.67. The summed E-state index contributed by atoms with van der Waals surface area (Å²) < 4.78 is 27.6. The predicted molar refractivity (Wildman–Crippen MR) is 93.7 cm³/mol. The molecule has 0 saturated heterocycles. The van der Waals surface area contributed by atoms with Gasteiger partial charge in [0.25, 0.3) is 0 Å². The van der Waals surface area contributed by atoms with E-state index in [2.05, 4.69) is 13.0 Å². The molecule has 1 unspecified atom stereocenters. The third-order valence-electron chi connectivity index (χ3n) is 6.11. The third-order valence-corrected chi connectivity index (χ3v) is 6.11. The first-order valence-corrected chi connectivity index (χ1v) is 9.46. The minimum Gasteiger partial charge on any atom is -0.505 e. The van der Waals surface area contributed by atoms with Crippen LogP contribution in [-0.4, -0.2) is 5.11 Å². The van der Waals surface area contributed by atoms with Gasteiger partial charge in [0, 0.05) is 5.56 Å². The number of rotatable bonds is 4. The molecular formula is C21H28F2O. The lowest BCUT2D eigenvalue weighted by atomic mass is 9.70. The Hall–Kier alpha value is -1.38. The number of benzene rings is 1. The van der Waals surface area contributed by atoms with Crippen LogP contribution in [0, 0.1) is 29.4 Å². The summed E-state index contributed by atoms with van der Waals surface area (Å²) in [4.78, 5) is 0. The van der Waals surface area contributed by atoms with E-state index in [9.17, 15) is 13.9 Å². The second-order valence-electron chi connectivity index (χ2n) is 7.59. The standard InChI is InChI=1S/C21H28F2O/c1-2-3-14-4-6-15(7-5-14)16-8-10-17(11-9-16)18-12-13-19(24)21(23)20(18)22/h10,12-16,24H,2-9,11H2,1H3. The highest BCUT2D eigenvalue weighted by atomic mass is 19.2. The van der Waals surface area contributed by atoms with Gasteiger partial charge in [-0.25, -0.2) is 4.39 Å². The fourth-order valence-electron chi connectivity index (χ4n) is 4.67. The van der Waals surface area contributed by atoms with Crippen molar-refractivity contribution in [2.24, 2.45) is 17.8 Å². The van der Waals surface area contributed by atoms with Crippen LogP contribution in [0.3, 0.4) is 0 Å². The quantitative estimate of drug-likeness (QED) is 0.670. The van der Waals surface area contributed by atoms with Crippen molar-refractivity contribution < 1.29 is 13.9 Å². The van der Waals surface area contributed by atoms with E-state index in [0.29, 0.717) is 11.5 Å². The van der Waals surface area contributed by atoms with E-state index in [1.54, 1.807) is 0 Å². The Kier molecular flexibility index (Phi) is 5.57. The summed E-state index contributed by atoms with van der Waals surface area (Å²) in [5, 5.41) is 9.26. The molecule has 2 aliphatic rings. The van der Waals surface area contributed by atoms with Crippen LogP contribution < -0.4 is 0 Å². The van der Waals surface area contributed by atoms with E-state index in [4.69, 9.17) is 0 Å². The van der Waals surface area contributed by atoms with Crippen LogP contribution in [0.1, 0.15) is 70.3 Å². The van der Waals surface area contributed by atoms with E-state index in [1.165, 1.54) is 50.7 Å². The van der Waals surface area contributed by atoms with E-state index in [-0.39, 0.29) is 0 Å². The van der Waals surface area contributed by atoms with Gasteiger partial charge in [0.2, 0.25) is 5.82 Å². The number of hydrogen-bond donors (Lipinski definition) is 1. The number of allylic oxidation sites excluding steroid dienone is 2. The lowest BCUT2D eigenvalue weighted by Gasteiger charge is -2.35. The largest absolute Gasteiger partial charge is 0.505 e. The van der Waals surface area contributed by atoms with E-state index >= 15 is 0 Å². The second-order valence-corrected chi connectivity index (χ2v) is 7.59. The summed E-state index contributed by atoms with van der Waals surface area (Å²) in [7, 11) is 0. The number of halogens is 2. The van der Waals surface area contributed by atoms with Gasteiger partial charge in [0.15, 0.2) is 11.6 Å². The fraction of sp³-hybridized carbons (Fsp3) is 0.619. The van der Waals surface area contributed by atoms with Crippen molar-refractivity contribution in [2.75, 3.05) is 0 Å². The molecule has 1 N–H and O–H groups in total. The zero-order chi connectivity index (χ0) is 17.1. The molecule has 0 spiro atoms. The van der Waals surface area contributed by atoms with Crippen LogP contribution in [0.2, 0.25) is 0 Å². The van der Waals surface area contributed by atoms with Gasteiger partial charge in [-0.15, -0.1) is 0 Å². The van der Waals surface area contributed by atoms with Crippen LogP contribution in [0.5, 0.6) is 5.75 Å². The highest BCUT2D eigenvalue weighted by Gasteiger charge is 2.29. The maximum atomic E-state index is 14.0. The molecule has 1 atom stereocenters. The monoisotopic (exact) mass is 334 g/mol. The van der Waals surface area contributed by atoms with E-state index < -0.39 is 17.4 Å². The predicted octanol–water partition coefficient (Wildman–Crippen LogP) is 6.46. The summed E-state index contributed by atoms with van der Waals surface area (Å²) >= 11 is 0. The average molecular weight is 334 g/mol. The molecule has 1 saturated carbocycles. The number of aromatic hydroxyl groups is 1. The van der Waals surface area contributed by atoms with Crippen molar-refractivity contribution in [2.45, 2.75) is 64.7 Å². The Morgan fingerprint density at radius 1 is 1.00 bits per heavy atom. The Morgan fingerprint density at radius 3 is 2.38 bits per heavy atom. The van der Waals surface area contributed by atoms with Crippen LogP contribution in [0.25, 0.3) is 5.57 Å². The maximum absolute atomic E-state index is 14.0. The van der Waals surface area contributed by atoms with Gasteiger partial charge >= 0.3 is 0 Å². The topological polar surface area (TPSA) is 20.2 Å². The summed E-state index contributed by atoms with van der Waals surface area (Å²) in [6.45, 7) is 2.27. The number of phenols is 1. The Labute approximate surface area is 143 Å². The minimum absolute atomic E-state index is 0.315. The molecule has 24 heavy (non-hydrogen) atoms. The molecule has 2 aliphatic carbocycles. The van der Waals surface area contributed by atoms with Gasteiger partial charge in [-0.1, -0.05) is 38.7 Å². The first kappa shape index (κ1) is 17.4. The zero-order valence-corrected chi connectivity index (χ0v) is 14.5. The molecule has 1 aromatic carbocycles. The number of hydrogen-bond acceptors (Lipinski definition) is 1. The van der Waals surface area contributed by atoms with Crippen molar-refractivity contribution in [1.82, 2.24) is 0 Å². The second kappa shape index (κ2) is 7.67. The molecule has 3 heteroatoms. The smallest absolute Gasteiger partial charge is 0.200 e. The van der Waals surface area contributed by atoms with Crippen LogP contribution in [0.15, 0.2) is 18.2 Å². The van der Waals surface area contributed by atoms with Gasteiger partial charge in [-0.05, 0) is 67.6 Å². The summed E-state index contributed by atoms with van der Waals surface area (Å²) in [5.74, 6) is -0.243. The average Bonchev–Trinajstić information content (AvgIpc) is 2.61. The molecule has 0 aliphatic heterocycles. The van der Waals surface area contributed by atoms with Crippen molar-refractivity contribution in [3.8, 4) is 5.75 Å². The van der Waals surface area contributed by atoms with Crippen molar-refractivity contribution in [3.05, 3.63) is 35.4 Å².